The Morgan fingerprint density at radius 3 is 2.39 bits per heavy atom. The maximum absolute atomic E-state index is 13.9. The number of aliphatic carboxylic acids is 1. The van der Waals surface area contributed by atoms with Crippen LogP contribution in [0.5, 0.6) is 0 Å². The van der Waals surface area contributed by atoms with Crippen LogP contribution in [-0.2, 0) is 14.6 Å². The van der Waals surface area contributed by atoms with Crippen molar-refractivity contribution in [2.24, 2.45) is 11.3 Å². The summed E-state index contributed by atoms with van der Waals surface area (Å²) in [4.78, 5) is 11.2. The van der Waals surface area contributed by atoms with E-state index in [4.69, 9.17) is 5.11 Å². The lowest BCUT2D eigenvalue weighted by Crippen LogP contribution is -2.56. The molecule has 18 heavy (non-hydrogen) atoms. The molecule has 1 atom stereocenters. The Morgan fingerprint density at radius 2 is 1.94 bits per heavy atom. The van der Waals surface area contributed by atoms with Gasteiger partial charge < -0.3 is 5.11 Å². The largest absolute Gasteiger partial charge is 0.481 e. The van der Waals surface area contributed by atoms with E-state index in [1.54, 1.807) is 13.8 Å². The summed E-state index contributed by atoms with van der Waals surface area (Å²) in [5.41, 5.74) is -2.46. The average Bonchev–Trinajstić information content (AvgIpc) is 2.19. The van der Waals surface area contributed by atoms with Gasteiger partial charge in [0.25, 0.3) is 5.92 Å². The second kappa shape index (κ2) is 4.75. The quantitative estimate of drug-likeness (QED) is 0.856. The van der Waals surface area contributed by atoms with Crippen LogP contribution in [0.4, 0.5) is 8.78 Å². The van der Waals surface area contributed by atoms with Crippen LogP contribution in [0.25, 0.3) is 0 Å². The summed E-state index contributed by atoms with van der Waals surface area (Å²) >= 11 is 0. The molecule has 0 spiro atoms. The number of halogens is 2. The highest BCUT2D eigenvalue weighted by atomic mass is 32.2. The van der Waals surface area contributed by atoms with Gasteiger partial charge in [-0.1, -0.05) is 13.8 Å². The molecular weight excluding hydrogens is 266 g/mol. The smallest absolute Gasteiger partial charge is 0.316 e. The van der Waals surface area contributed by atoms with Gasteiger partial charge in [-0.05, 0) is 18.8 Å². The topological polar surface area (TPSA) is 71.4 Å². The minimum atomic E-state index is -3.72. The van der Waals surface area contributed by atoms with Crippen molar-refractivity contribution < 1.29 is 27.1 Å². The van der Waals surface area contributed by atoms with Gasteiger partial charge in [0.15, 0.2) is 9.84 Å². The first-order valence-corrected chi connectivity index (χ1v) is 7.66. The molecule has 106 valence electrons. The Morgan fingerprint density at radius 1 is 1.39 bits per heavy atom. The number of alkyl halides is 2. The summed E-state index contributed by atoms with van der Waals surface area (Å²) in [6.07, 6.45) is -0.955. The number of hydrogen-bond acceptors (Lipinski definition) is 3. The second-order valence-corrected chi connectivity index (χ2v) is 7.55. The normalized spacial score (nSPS) is 30.3. The van der Waals surface area contributed by atoms with Gasteiger partial charge in [-0.15, -0.1) is 0 Å². The van der Waals surface area contributed by atoms with E-state index >= 15 is 0 Å². The molecule has 1 heterocycles. The zero-order valence-corrected chi connectivity index (χ0v) is 11.3. The number of carboxylic acid groups (broad SMARTS) is 1. The minimum Gasteiger partial charge on any atom is -0.481 e. The first-order chi connectivity index (χ1) is 8.02. The Bertz CT molecular complexity index is 430. The third-order valence-corrected chi connectivity index (χ3v) is 5.21. The first kappa shape index (κ1) is 15.3. The highest BCUT2D eigenvalue weighted by Crippen LogP contribution is 2.48. The summed E-state index contributed by atoms with van der Waals surface area (Å²) in [6.45, 7) is 3.57. The van der Waals surface area contributed by atoms with Crippen molar-refractivity contribution >= 4 is 15.8 Å². The van der Waals surface area contributed by atoms with Gasteiger partial charge in [0.1, 0.15) is 5.41 Å². The van der Waals surface area contributed by atoms with E-state index in [0.717, 1.165) is 0 Å². The van der Waals surface area contributed by atoms with Crippen molar-refractivity contribution in [1.82, 2.24) is 0 Å². The van der Waals surface area contributed by atoms with E-state index in [2.05, 4.69) is 0 Å². The summed E-state index contributed by atoms with van der Waals surface area (Å²) in [5, 5.41) is 9.13. The number of hydrogen-bond donors (Lipinski definition) is 1. The number of sulfone groups is 1. The highest BCUT2D eigenvalue weighted by molar-refractivity contribution is 7.91. The second-order valence-electron chi connectivity index (χ2n) is 5.37. The van der Waals surface area contributed by atoms with Crippen molar-refractivity contribution in [1.29, 1.82) is 0 Å². The van der Waals surface area contributed by atoms with E-state index in [0.29, 0.717) is 0 Å². The molecule has 0 aliphatic carbocycles. The lowest BCUT2D eigenvalue weighted by Gasteiger charge is -2.40. The molecule has 1 rings (SSSR count). The lowest BCUT2D eigenvalue weighted by atomic mass is 9.76. The lowest BCUT2D eigenvalue weighted by molar-refractivity contribution is -0.179. The molecule has 0 aromatic heterocycles. The molecule has 0 amide bonds. The van der Waals surface area contributed by atoms with Crippen molar-refractivity contribution in [3.63, 3.8) is 0 Å². The van der Waals surface area contributed by atoms with Gasteiger partial charge in [0.05, 0.1) is 11.5 Å². The summed E-state index contributed by atoms with van der Waals surface area (Å²) < 4.78 is 50.9. The Kier molecular flexibility index (Phi) is 4.05. The van der Waals surface area contributed by atoms with Gasteiger partial charge in [-0.2, -0.15) is 0 Å². The molecule has 0 aromatic rings. The van der Waals surface area contributed by atoms with Crippen molar-refractivity contribution in [2.45, 2.75) is 39.0 Å². The molecule has 0 aromatic carbocycles. The molecule has 0 bridgehead atoms. The third-order valence-electron chi connectivity index (χ3n) is 3.45. The monoisotopic (exact) mass is 284 g/mol. The molecule has 1 unspecified atom stereocenters. The molecule has 7 heteroatoms. The molecule has 1 saturated heterocycles. The van der Waals surface area contributed by atoms with E-state index in [1.807, 2.05) is 0 Å². The van der Waals surface area contributed by atoms with Crippen LogP contribution < -0.4 is 0 Å². The molecule has 1 aliphatic rings. The number of carboxylic acids is 1. The Balaban J connectivity index is 3.15. The minimum absolute atomic E-state index is 0.0432. The molecule has 1 N–H and O–H groups in total. The molecule has 0 saturated carbocycles. The van der Waals surface area contributed by atoms with Crippen molar-refractivity contribution in [2.75, 3.05) is 11.5 Å². The Labute approximate surface area is 105 Å². The van der Waals surface area contributed by atoms with Gasteiger partial charge in [0, 0.05) is 6.42 Å². The van der Waals surface area contributed by atoms with Crippen LogP contribution in [-0.4, -0.2) is 36.9 Å². The van der Waals surface area contributed by atoms with Crippen LogP contribution in [0, 0.1) is 11.3 Å². The predicted octanol–water partition coefficient (Wildman–Crippen LogP) is 1.95. The summed E-state index contributed by atoms with van der Waals surface area (Å²) in [6, 6.07) is 0. The van der Waals surface area contributed by atoms with Crippen LogP contribution >= 0.6 is 0 Å². The Hall–Kier alpha value is -0.720. The van der Waals surface area contributed by atoms with E-state index in [1.165, 1.54) is 0 Å². The van der Waals surface area contributed by atoms with E-state index < -0.39 is 45.1 Å². The predicted molar refractivity (Wildman–Crippen MR) is 62.4 cm³/mol. The number of rotatable bonds is 4. The maximum Gasteiger partial charge on any atom is 0.316 e. The summed E-state index contributed by atoms with van der Waals surface area (Å²) in [5.74, 6) is -6.75. The fourth-order valence-corrected chi connectivity index (χ4v) is 4.13. The maximum atomic E-state index is 13.9. The van der Waals surface area contributed by atoms with Gasteiger partial charge in [-0.25, -0.2) is 17.2 Å². The fraction of sp³-hybridized carbons (Fsp3) is 0.909. The summed E-state index contributed by atoms with van der Waals surface area (Å²) in [7, 11) is -3.72. The van der Waals surface area contributed by atoms with Crippen molar-refractivity contribution in [3.05, 3.63) is 0 Å². The standard InChI is InChI=1S/C11H18F2O4S/c1-8(2)3-4-10(9(14)15)7-18(16,17)6-5-11(10,12)13/h8H,3-7H2,1-2H3,(H,14,15). The molecule has 4 nitrogen and oxygen atoms in total. The molecule has 1 aliphatic heterocycles. The average molecular weight is 284 g/mol. The highest BCUT2D eigenvalue weighted by Gasteiger charge is 2.63. The number of carbonyl (C=O) groups is 1. The van der Waals surface area contributed by atoms with Crippen LogP contribution in [0.15, 0.2) is 0 Å². The van der Waals surface area contributed by atoms with E-state index in [9.17, 15) is 22.0 Å². The first-order valence-electron chi connectivity index (χ1n) is 5.84. The molecule has 1 fully saturated rings. The van der Waals surface area contributed by atoms with Gasteiger partial charge >= 0.3 is 5.97 Å². The van der Waals surface area contributed by atoms with Crippen LogP contribution in [0.2, 0.25) is 0 Å². The van der Waals surface area contributed by atoms with Gasteiger partial charge in [-0.3, -0.25) is 4.79 Å². The van der Waals surface area contributed by atoms with E-state index in [-0.39, 0.29) is 18.8 Å². The zero-order chi connectivity index (χ0) is 14.2. The fourth-order valence-electron chi connectivity index (χ4n) is 2.19. The van der Waals surface area contributed by atoms with Crippen LogP contribution in [0.1, 0.15) is 33.1 Å². The van der Waals surface area contributed by atoms with Crippen molar-refractivity contribution in [3.8, 4) is 0 Å². The molecule has 0 radical (unpaired) electrons. The van der Waals surface area contributed by atoms with Crippen LogP contribution in [0.3, 0.4) is 0 Å². The third kappa shape index (κ3) is 2.81. The molecular formula is C11H18F2O4S. The van der Waals surface area contributed by atoms with Gasteiger partial charge in [0.2, 0.25) is 0 Å². The SMILES string of the molecule is CC(C)CCC1(C(=O)O)CS(=O)(=O)CCC1(F)F. The zero-order valence-electron chi connectivity index (χ0n) is 10.4.